The van der Waals surface area contributed by atoms with Crippen LogP contribution in [0.3, 0.4) is 0 Å². The van der Waals surface area contributed by atoms with E-state index in [-0.39, 0.29) is 35.9 Å². The number of nitrogens with zero attached hydrogens (tertiary/aromatic N) is 2. The van der Waals surface area contributed by atoms with Crippen LogP contribution in [0.5, 0.6) is 0 Å². The minimum absolute atomic E-state index is 0. The number of likely N-dealkylation sites (tertiary alicyclic amines) is 1. The maximum Gasteiger partial charge on any atom is 0.251 e. The van der Waals surface area contributed by atoms with Crippen molar-refractivity contribution in [2.75, 3.05) is 39.8 Å². The van der Waals surface area contributed by atoms with Gasteiger partial charge in [-0.1, -0.05) is 24.6 Å². The van der Waals surface area contributed by atoms with Crippen LogP contribution in [0.2, 0.25) is 0 Å². The van der Waals surface area contributed by atoms with Crippen molar-refractivity contribution in [3.63, 3.8) is 0 Å². The molecule has 0 bridgehead atoms. The molecule has 3 rings (SSSR count). The molecule has 0 aliphatic carbocycles. The predicted octanol–water partition coefficient (Wildman–Crippen LogP) is 3.02. The molecule has 1 aliphatic heterocycles. The van der Waals surface area contributed by atoms with Gasteiger partial charge in [-0.15, -0.1) is 24.0 Å². The summed E-state index contributed by atoms with van der Waals surface area (Å²) in [6.07, 6.45) is 5.48. The summed E-state index contributed by atoms with van der Waals surface area (Å²) < 4.78 is 5.69. The zero-order valence-electron chi connectivity index (χ0n) is 17.5. The van der Waals surface area contributed by atoms with Crippen LogP contribution in [0.25, 0.3) is 0 Å². The number of hydrogen-bond donors (Lipinski definition) is 3. The maximum absolute atomic E-state index is 12.1. The van der Waals surface area contributed by atoms with Gasteiger partial charge in [-0.25, -0.2) is 0 Å². The van der Waals surface area contributed by atoms with Crippen LogP contribution in [0.1, 0.15) is 41.4 Å². The number of rotatable bonds is 8. The summed E-state index contributed by atoms with van der Waals surface area (Å²) in [6.45, 7) is 3.99. The van der Waals surface area contributed by atoms with E-state index in [0.717, 1.165) is 18.8 Å². The molecular formula is C22H32IN5O2. The lowest BCUT2D eigenvalue weighted by Crippen LogP contribution is -2.46. The third-order valence-corrected chi connectivity index (χ3v) is 5.13. The van der Waals surface area contributed by atoms with Crippen LogP contribution in [0.4, 0.5) is 0 Å². The monoisotopic (exact) mass is 525 g/mol. The zero-order chi connectivity index (χ0) is 20.3. The molecule has 1 atom stereocenters. The standard InChI is InChI=1S/C22H31N5O2.HI/c1-23-22(25-13-12-24-21(28)18-9-4-2-5-10-18)26-17-19(20-11-8-16-29-20)27-14-6-3-7-15-27;/h2,4-5,8-11,16,19H,3,6-7,12-15,17H2,1H3,(H,24,28)(H2,23,25,26);1H. The molecule has 1 aliphatic rings. The van der Waals surface area contributed by atoms with Gasteiger partial charge < -0.3 is 20.4 Å². The van der Waals surface area contributed by atoms with E-state index in [1.807, 2.05) is 30.3 Å². The average Bonchev–Trinajstić information content (AvgIpc) is 3.31. The number of carbonyl (C=O) groups excluding carboxylic acids is 1. The largest absolute Gasteiger partial charge is 0.468 e. The van der Waals surface area contributed by atoms with Crippen LogP contribution < -0.4 is 16.0 Å². The number of furan rings is 1. The fourth-order valence-electron chi connectivity index (χ4n) is 3.58. The van der Waals surface area contributed by atoms with Gasteiger partial charge in [-0.3, -0.25) is 14.7 Å². The Hall–Kier alpha value is -2.07. The van der Waals surface area contributed by atoms with Gasteiger partial charge in [0.1, 0.15) is 5.76 Å². The molecule has 0 saturated carbocycles. The molecule has 8 heteroatoms. The zero-order valence-corrected chi connectivity index (χ0v) is 19.8. The van der Waals surface area contributed by atoms with E-state index < -0.39 is 0 Å². The Labute approximate surface area is 195 Å². The summed E-state index contributed by atoms with van der Waals surface area (Å²) in [5, 5.41) is 9.56. The van der Waals surface area contributed by atoms with Crippen molar-refractivity contribution in [3.8, 4) is 0 Å². The molecular weight excluding hydrogens is 493 g/mol. The van der Waals surface area contributed by atoms with Gasteiger partial charge in [0.25, 0.3) is 5.91 Å². The highest BCUT2D eigenvalue weighted by Crippen LogP contribution is 2.24. The van der Waals surface area contributed by atoms with Crippen molar-refractivity contribution in [2.24, 2.45) is 4.99 Å². The van der Waals surface area contributed by atoms with Crippen LogP contribution >= 0.6 is 24.0 Å². The smallest absolute Gasteiger partial charge is 0.251 e. The van der Waals surface area contributed by atoms with Gasteiger partial charge in [0.15, 0.2) is 5.96 Å². The van der Waals surface area contributed by atoms with Gasteiger partial charge in [0.2, 0.25) is 0 Å². The summed E-state index contributed by atoms with van der Waals surface area (Å²) in [6, 6.07) is 13.4. The number of halogens is 1. The van der Waals surface area contributed by atoms with Crippen molar-refractivity contribution in [2.45, 2.75) is 25.3 Å². The fraction of sp³-hybridized carbons (Fsp3) is 0.455. The van der Waals surface area contributed by atoms with E-state index in [1.165, 1.54) is 19.3 Å². The number of nitrogens with one attached hydrogen (secondary N) is 3. The summed E-state index contributed by atoms with van der Waals surface area (Å²) in [7, 11) is 1.75. The van der Waals surface area contributed by atoms with Crippen LogP contribution in [-0.4, -0.2) is 56.5 Å². The molecule has 164 valence electrons. The van der Waals surface area contributed by atoms with Crippen LogP contribution in [-0.2, 0) is 0 Å². The molecule has 0 spiro atoms. The van der Waals surface area contributed by atoms with E-state index in [4.69, 9.17) is 4.42 Å². The number of amides is 1. The lowest BCUT2D eigenvalue weighted by atomic mass is 10.1. The van der Waals surface area contributed by atoms with Gasteiger partial charge in [0.05, 0.1) is 12.3 Å². The highest BCUT2D eigenvalue weighted by atomic mass is 127. The van der Waals surface area contributed by atoms with Gasteiger partial charge >= 0.3 is 0 Å². The summed E-state index contributed by atoms with van der Waals surface area (Å²) in [5.74, 6) is 1.62. The quantitative estimate of drug-likeness (QED) is 0.214. The van der Waals surface area contributed by atoms with E-state index in [1.54, 1.807) is 25.4 Å². The Morgan fingerprint density at radius 3 is 2.43 bits per heavy atom. The number of guanidine groups is 1. The third kappa shape index (κ3) is 7.32. The van der Waals surface area contributed by atoms with Crippen molar-refractivity contribution in [1.82, 2.24) is 20.9 Å². The topological polar surface area (TPSA) is 81.9 Å². The number of carbonyl (C=O) groups is 1. The number of piperidine rings is 1. The molecule has 30 heavy (non-hydrogen) atoms. The molecule has 1 unspecified atom stereocenters. The molecule has 1 saturated heterocycles. The minimum Gasteiger partial charge on any atom is -0.468 e. The van der Waals surface area contributed by atoms with E-state index >= 15 is 0 Å². The maximum atomic E-state index is 12.1. The first-order chi connectivity index (χ1) is 14.3. The van der Waals surface area contributed by atoms with E-state index in [2.05, 4.69) is 25.8 Å². The Kier molecular flexibility index (Phi) is 10.7. The lowest BCUT2D eigenvalue weighted by Gasteiger charge is -2.33. The molecule has 2 heterocycles. The number of hydrogen-bond acceptors (Lipinski definition) is 4. The summed E-state index contributed by atoms with van der Waals surface area (Å²) in [4.78, 5) is 18.8. The lowest BCUT2D eigenvalue weighted by molar-refractivity contribution is 0.0954. The Bertz CT molecular complexity index is 761. The van der Waals surface area contributed by atoms with Crippen molar-refractivity contribution in [3.05, 3.63) is 60.1 Å². The summed E-state index contributed by atoms with van der Waals surface area (Å²) in [5.41, 5.74) is 0.665. The third-order valence-electron chi connectivity index (χ3n) is 5.13. The van der Waals surface area contributed by atoms with Crippen molar-refractivity contribution in [1.29, 1.82) is 0 Å². The molecule has 2 aromatic rings. The first-order valence-corrected chi connectivity index (χ1v) is 10.3. The highest BCUT2D eigenvalue weighted by Gasteiger charge is 2.24. The second-order valence-electron chi connectivity index (χ2n) is 7.13. The highest BCUT2D eigenvalue weighted by molar-refractivity contribution is 14.0. The minimum atomic E-state index is -0.0710. The Morgan fingerprint density at radius 1 is 1.03 bits per heavy atom. The normalized spacial score (nSPS) is 15.7. The van der Waals surface area contributed by atoms with Crippen LogP contribution in [0, 0.1) is 0 Å². The summed E-state index contributed by atoms with van der Waals surface area (Å²) >= 11 is 0. The first kappa shape index (κ1) is 24.2. The molecule has 1 aromatic heterocycles. The molecule has 1 fully saturated rings. The predicted molar refractivity (Wildman–Crippen MR) is 130 cm³/mol. The van der Waals surface area contributed by atoms with Crippen molar-refractivity contribution < 1.29 is 9.21 Å². The molecule has 0 radical (unpaired) electrons. The molecule has 1 aromatic carbocycles. The van der Waals surface area contributed by atoms with Gasteiger partial charge in [0, 0.05) is 32.2 Å². The first-order valence-electron chi connectivity index (χ1n) is 10.3. The van der Waals surface area contributed by atoms with Gasteiger partial charge in [-0.2, -0.15) is 0 Å². The Morgan fingerprint density at radius 2 is 1.77 bits per heavy atom. The number of benzene rings is 1. The second-order valence-corrected chi connectivity index (χ2v) is 7.13. The second kappa shape index (κ2) is 13.3. The number of aliphatic imine (C=N–C) groups is 1. The SMILES string of the molecule is CN=C(NCCNC(=O)c1ccccc1)NCC(c1ccco1)N1CCCCC1.I. The molecule has 1 amide bonds. The van der Waals surface area contributed by atoms with E-state index in [9.17, 15) is 4.79 Å². The van der Waals surface area contributed by atoms with Crippen LogP contribution in [0.15, 0.2) is 58.1 Å². The van der Waals surface area contributed by atoms with E-state index in [0.29, 0.717) is 31.2 Å². The fourth-order valence-corrected chi connectivity index (χ4v) is 3.58. The molecule has 3 N–H and O–H groups in total. The van der Waals surface area contributed by atoms with Gasteiger partial charge in [-0.05, 0) is 50.2 Å². The Balaban J connectivity index is 0.00000320. The average molecular weight is 525 g/mol. The molecule has 7 nitrogen and oxygen atoms in total. The van der Waals surface area contributed by atoms with Crippen molar-refractivity contribution >= 4 is 35.8 Å².